The smallest absolute Gasteiger partial charge is 0.355 e. The largest absolute Gasteiger partial charge is 0.463 e. The van der Waals surface area contributed by atoms with Gasteiger partial charge in [-0.05, 0) is 24.3 Å². The first kappa shape index (κ1) is 11.6. The minimum absolute atomic E-state index is 0.536. The average Bonchev–Trinajstić information content (AvgIpc) is 3.01. The summed E-state index contributed by atoms with van der Waals surface area (Å²) in [5.74, 6) is 1.07. The van der Waals surface area contributed by atoms with E-state index >= 15 is 0 Å². The van der Waals surface area contributed by atoms with E-state index in [-0.39, 0.29) is 0 Å². The second kappa shape index (κ2) is 6.04. The highest BCUT2D eigenvalue weighted by atomic mass is 16.3. The SMILES string of the molecule is O=C(NN=Cc1ccco1)N/N=C/c1ccco1. The van der Waals surface area contributed by atoms with Gasteiger partial charge in [0.1, 0.15) is 11.5 Å². The van der Waals surface area contributed by atoms with Gasteiger partial charge in [-0.3, -0.25) is 0 Å². The lowest BCUT2D eigenvalue weighted by atomic mass is 10.5. The first-order valence-electron chi connectivity index (χ1n) is 5.04. The van der Waals surface area contributed by atoms with Gasteiger partial charge in [0, 0.05) is 0 Å². The fourth-order valence-corrected chi connectivity index (χ4v) is 1.06. The number of amides is 2. The molecular weight excluding hydrogens is 236 g/mol. The molecule has 0 spiro atoms. The van der Waals surface area contributed by atoms with Crippen molar-refractivity contribution < 1.29 is 13.6 Å². The summed E-state index contributed by atoms with van der Waals surface area (Å²) in [6.07, 6.45) is 5.76. The zero-order valence-electron chi connectivity index (χ0n) is 9.24. The average molecular weight is 246 g/mol. The molecule has 2 rings (SSSR count). The van der Waals surface area contributed by atoms with Crippen LogP contribution in [0, 0.1) is 0 Å². The normalized spacial score (nSPS) is 11.1. The molecule has 18 heavy (non-hydrogen) atoms. The predicted octanol–water partition coefficient (Wildman–Crippen LogP) is 1.54. The molecule has 0 fully saturated rings. The second-order valence-corrected chi connectivity index (χ2v) is 3.10. The number of furan rings is 2. The quantitative estimate of drug-likeness (QED) is 0.633. The van der Waals surface area contributed by atoms with Crippen molar-refractivity contribution in [1.29, 1.82) is 0 Å². The molecule has 7 nitrogen and oxygen atoms in total. The Kier molecular flexibility index (Phi) is 3.91. The summed E-state index contributed by atoms with van der Waals surface area (Å²) in [7, 11) is 0. The van der Waals surface area contributed by atoms with Crippen molar-refractivity contribution in [3.05, 3.63) is 48.3 Å². The van der Waals surface area contributed by atoms with E-state index in [0.717, 1.165) is 0 Å². The van der Waals surface area contributed by atoms with Crippen LogP contribution in [0.2, 0.25) is 0 Å². The number of carbonyl (C=O) groups excluding carboxylic acids is 1. The summed E-state index contributed by atoms with van der Waals surface area (Å²) in [6.45, 7) is 0. The van der Waals surface area contributed by atoms with Crippen LogP contribution in [-0.4, -0.2) is 18.5 Å². The zero-order chi connectivity index (χ0) is 12.6. The number of hydrazone groups is 2. The maximum absolute atomic E-state index is 11.2. The number of hydrogen-bond acceptors (Lipinski definition) is 5. The number of nitrogens with one attached hydrogen (secondary N) is 2. The van der Waals surface area contributed by atoms with Crippen LogP contribution in [0.5, 0.6) is 0 Å². The Morgan fingerprint density at radius 3 is 1.89 bits per heavy atom. The monoisotopic (exact) mass is 246 g/mol. The molecule has 0 aliphatic rings. The highest BCUT2D eigenvalue weighted by molar-refractivity contribution is 5.81. The molecule has 0 unspecified atom stereocenters. The van der Waals surface area contributed by atoms with Crippen molar-refractivity contribution in [2.24, 2.45) is 10.2 Å². The fraction of sp³-hybridized carbons (Fsp3) is 0. The lowest BCUT2D eigenvalue weighted by Crippen LogP contribution is -2.28. The third-order valence-electron chi connectivity index (χ3n) is 1.80. The zero-order valence-corrected chi connectivity index (χ0v) is 9.24. The van der Waals surface area contributed by atoms with Crippen LogP contribution in [0.1, 0.15) is 11.5 Å². The van der Waals surface area contributed by atoms with Crippen LogP contribution in [-0.2, 0) is 0 Å². The topological polar surface area (TPSA) is 92.1 Å². The van der Waals surface area contributed by atoms with Gasteiger partial charge < -0.3 is 8.83 Å². The van der Waals surface area contributed by atoms with Crippen LogP contribution in [0.25, 0.3) is 0 Å². The van der Waals surface area contributed by atoms with E-state index in [1.807, 2.05) is 0 Å². The van der Waals surface area contributed by atoms with Gasteiger partial charge in [-0.1, -0.05) is 0 Å². The predicted molar refractivity (Wildman–Crippen MR) is 64.3 cm³/mol. The second-order valence-electron chi connectivity index (χ2n) is 3.10. The van der Waals surface area contributed by atoms with E-state index in [0.29, 0.717) is 11.5 Å². The minimum Gasteiger partial charge on any atom is -0.463 e. The molecule has 0 radical (unpaired) electrons. The van der Waals surface area contributed by atoms with Gasteiger partial charge >= 0.3 is 6.03 Å². The van der Waals surface area contributed by atoms with Gasteiger partial charge in [0.25, 0.3) is 0 Å². The molecule has 2 aromatic heterocycles. The van der Waals surface area contributed by atoms with Crippen LogP contribution < -0.4 is 10.9 Å². The Hall–Kier alpha value is -2.83. The number of nitrogens with zero attached hydrogens (tertiary/aromatic N) is 2. The molecule has 0 bridgehead atoms. The molecule has 2 aromatic rings. The molecule has 0 atom stereocenters. The van der Waals surface area contributed by atoms with E-state index < -0.39 is 6.03 Å². The third kappa shape index (κ3) is 3.63. The van der Waals surface area contributed by atoms with Gasteiger partial charge in [-0.2, -0.15) is 10.2 Å². The molecule has 0 saturated heterocycles. The lowest BCUT2D eigenvalue weighted by Gasteiger charge is -1.95. The Bertz CT molecular complexity index is 480. The number of hydrogen-bond donors (Lipinski definition) is 2. The summed E-state index contributed by atoms with van der Waals surface area (Å²) in [6, 6.07) is 6.28. The van der Waals surface area contributed by atoms with Crippen LogP contribution in [0.3, 0.4) is 0 Å². The third-order valence-corrected chi connectivity index (χ3v) is 1.80. The highest BCUT2D eigenvalue weighted by Gasteiger charge is 1.95. The van der Waals surface area contributed by atoms with Gasteiger partial charge in [-0.25, -0.2) is 15.6 Å². The Labute approximate surface area is 102 Å². The molecule has 2 heterocycles. The number of rotatable bonds is 4. The van der Waals surface area contributed by atoms with Gasteiger partial charge in [0.15, 0.2) is 0 Å². The van der Waals surface area contributed by atoms with Gasteiger partial charge in [0.2, 0.25) is 0 Å². The maximum Gasteiger partial charge on any atom is 0.355 e. The van der Waals surface area contributed by atoms with E-state index in [1.165, 1.54) is 25.0 Å². The van der Waals surface area contributed by atoms with Crippen LogP contribution in [0.4, 0.5) is 4.79 Å². The van der Waals surface area contributed by atoms with Gasteiger partial charge in [-0.15, -0.1) is 0 Å². The van der Waals surface area contributed by atoms with Crippen LogP contribution >= 0.6 is 0 Å². The highest BCUT2D eigenvalue weighted by Crippen LogP contribution is 1.95. The molecule has 2 N–H and O–H groups in total. The van der Waals surface area contributed by atoms with E-state index in [4.69, 9.17) is 8.83 Å². The molecular formula is C11H10N4O3. The van der Waals surface area contributed by atoms with Crippen molar-refractivity contribution in [3.8, 4) is 0 Å². The Morgan fingerprint density at radius 2 is 1.50 bits per heavy atom. The first-order valence-corrected chi connectivity index (χ1v) is 5.04. The summed E-state index contributed by atoms with van der Waals surface area (Å²) < 4.78 is 9.96. The van der Waals surface area contributed by atoms with Gasteiger partial charge in [0.05, 0.1) is 25.0 Å². The lowest BCUT2D eigenvalue weighted by molar-refractivity contribution is 0.242. The molecule has 0 aromatic carbocycles. The number of urea groups is 1. The molecule has 0 saturated carbocycles. The fourth-order valence-electron chi connectivity index (χ4n) is 1.06. The van der Waals surface area contributed by atoms with Crippen LogP contribution in [0.15, 0.2) is 55.8 Å². The number of carbonyl (C=O) groups is 1. The summed E-state index contributed by atoms with van der Waals surface area (Å²) in [4.78, 5) is 11.2. The molecule has 2 amide bonds. The van der Waals surface area contributed by atoms with Crippen molar-refractivity contribution in [2.75, 3.05) is 0 Å². The summed E-state index contributed by atoms with van der Waals surface area (Å²) >= 11 is 0. The van der Waals surface area contributed by atoms with Crippen molar-refractivity contribution in [2.45, 2.75) is 0 Å². The molecule has 7 heteroatoms. The molecule has 92 valence electrons. The van der Waals surface area contributed by atoms with Crippen molar-refractivity contribution in [3.63, 3.8) is 0 Å². The van der Waals surface area contributed by atoms with Crippen molar-refractivity contribution in [1.82, 2.24) is 10.9 Å². The Morgan fingerprint density at radius 1 is 1.00 bits per heavy atom. The Balaban J connectivity index is 1.72. The molecule has 0 aliphatic heterocycles. The molecule has 0 aliphatic carbocycles. The maximum atomic E-state index is 11.2. The first-order chi connectivity index (χ1) is 8.84. The van der Waals surface area contributed by atoms with E-state index in [1.54, 1.807) is 24.3 Å². The minimum atomic E-state index is -0.569. The standard InChI is InChI=1S/C11H10N4O3/c16-11(14-12-7-9-3-1-5-17-9)15-13-8-10-4-2-6-18-10/h1-8H,(H2,14,15,16)/b12-7+,13-8?. The van der Waals surface area contributed by atoms with E-state index in [9.17, 15) is 4.79 Å². The summed E-state index contributed by atoms with van der Waals surface area (Å²) in [5.41, 5.74) is 4.43. The van der Waals surface area contributed by atoms with Crippen molar-refractivity contribution >= 4 is 18.5 Å². The van der Waals surface area contributed by atoms with E-state index in [2.05, 4.69) is 21.1 Å². The summed E-state index contributed by atoms with van der Waals surface area (Å²) in [5, 5.41) is 7.30.